The summed E-state index contributed by atoms with van der Waals surface area (Å²) < 4.78 is 5.50. The van der Waals surface area contributed by atoms with Crippen molar-refractivity contribution in [3.63, 3.8) is 0 Å². The van der Waals surface area contributed by atoms with Crippen LogP contribution in [0.2, 0.25) is 0 Å². The van der Waals surface area contributed by atoms with E-state index in [9.17, 15) is 0 Å². The summed E-state index contributed by atoms with van der Waals surface area (Å²) in [4.78, 5) is 0. The number of rotatable bonds is 3. The Morgan fingerprint density at radius 1 is 1.31 bits per heavy atom. The van der Waals surface area contributed by atoms with Gasteiger partial charge in [0, 0.05) is 12.0 Å². The van der Waals surface area contributed by atoms with Gasteiger partial charge in [0.05, 0.1) is 6.61 Å². The summed E-state index contributed by atoms with van der Waals surface area (Å²) >= 11 is 0. The molecule has 0 spiro atoms. The highest BCUT2D eigenvalue weighted by atomic mass is 16.5. The Hall–Kier alpha value is -1.02. The summed E-state index contributed by atoms with van der Waals surface area (Å²) in [6.07, 6.45) is 2.15. The van der Waals surface area contributed by atoms with E-state index in [1.165, 1.54) is 11.1 Å². The molecule has 0 saturated carbocycles. The molecular formula is C14H21NO. The van der Waals surface area contributed by atoms with Crippen LogP contribution in [0.4, 0.5) is 0 Å². The molecule has 2 heteroatoms. The molecule has 1 N–H and O–H groups in total. The maximum absolute atomic E-state index is 5.50. The second-order valence-electron chi connectivity index (χ2n) is 5.47. The average molecular weight is 219 g/mol. The minimum Gasteiger partial charge on any atom is -0.493 e. The molecule has 16 heavy (non-hydrogen) atoms. The van der Waals surface area contributed by atoms with Crippen LogP contribution in [0.15, 0.2) is 18.2 Å². The molecule has 0 fully saturated rings. The van der Waals surface area contributed by atoms with Gasteiger partial charge in [-0.05, 0) is 50.9 Å². The maximum atomic E-state index is 5.50. The number of hydrogen-bond acceptors (Lipinski definition) is 2. The van der Waals surface area contributed by atoms with Crippen LogP contribution in [0.1, 0.15) is 31.9 Å². The topological polar surface area (TPSA) is 21.3 Å². The van der Waals surface area contributed by atoms with E-state index in [0.29, 0.717) is 0 Å². The van der Waals surface area contributed by atoms with Crippen molar-refractivity contribution in [2.24, 2.45) is 0 Å². The maximum Gasteiger partial charge on any atom is 0.122 e. The molecule has 0 aromatic heterocycles. The molecule has 2 nitrogen and oxygen atoms in total. The highest BCUT2D eigenvalue weighted by Gasteiger charge is 2.12. The van der Waals surface area contributed by atoms with E-state index in [-0.39, 0.29) is 5.54 Å². The largest absolute Gasteiger partial charge is 0.493 e. The standard InChI is InChI=1S/C14H21NO/c1-14(2,3)15-8-6-11-4-5-13-12(10-11)7-9-16-13/h4-5,10,15H,6-9H2,1-3H3. The fourth-order valence-corrected chi connectivity index (χ4v) is 1.98. The predicted molar refractivity (Wildman–Crippen MR) is 67.1 cm³/mol. The molecule has 2 rings (SSSR count). The summed E-state index contributed by atoms with van der Waals surface area (Å²) in [6, 6.07) is 6.57. The Labute approximate surface area is 98.0 Å². The van der Waals surface area contributed by atoms with Gasteiger partial charge in [0.2, 0.25) is 0 Å². The monoisotopic (exact) mass is 219 g/mol. The molecule has 0 unspecified atom stereocenters. The van der Waals surface area contributed by atoms with Crippen LogP contribution in [0, 0.1) is 0 Å². The minimum atomic E-state index is 0.208. The second kappa shape index (κ2) is 4.46. The van der Waals surface area contributed by atoms with Crippen LogP contribution >= 0.6 is 0 Å². The molecule has 1 aliphatic heterocycles. The van der Waals surface area contributed by atoms with Crippen molar-refractivity contribution in [1.82, 2.24) is 5.32 Å². The van der Waals surface area contributed by atoms with Gasteiger partial charge in [0.25, 0.3) is 0 Å². The van der Waals surface area contributed by atoms with Crippen molar-refractivity contribution >= 4 is 0 Å². The molecule has 0 bridgehead atoms. The first-order valence-electron chi connectivity index (χ1n) is 6.04. The van der Waals surface area contributed by atoms with E-state index in [1.807, 2.05) is 0 Å². The third kappa shape index (κ3) is 2.99. The van der Waals surface area contributed by atoms with Crippen LogP contribution in [-0.4, -0.2) is 18.7 Å². The molecular weight excluding hydrogens is 198 g/mol. The Kier molecular flexibility index (Phi) is 3.20. The molecule has 0 amide bonds. The van der Waals surface area contributed by atoms with E-state index < -0.39 is 0 Å². The minimum absolute atomic E-state index is 0.208. The summed E-state index contributed by atoms with van der Waals surface area (Å²) in [6.45, 7) is 8.47. The first kappa shape index (κ1) is 11.5. The average Bonchev–Trinajstić information content (AvgIpc) is 2.62. The normalized spacial score (nSPS) is 14.7. The van der Waals surface area contributed by atoms with Gasteiger partial charge in [-0.3, -0.25) is 0 Å². The third-order valence-electron chi connectivity index (χ3n) is 2.82. The highest BCUT2D eigenvalue weighted by molar-refractivity contribution is 5.39. The lowest BCUT2D eigenvalue weighted by atomic mass is 10.0. The first-order valence-corrected chi connectivity index (χ1v) is 6.04. The Morgan fingerprint density at radius 3 is 2.88 bits per heavy atom. The molecule has 1 aromatic rings. The number of benzene rings is 1. The van der Waals surface area contributed by atoms with Crippen molar-refractivity contribution < 1.29 is 4.74 Å². The molecule has 0 aliphatic carbocycles. The highest BCUT2D eigenvalue weighted by Crippen LogP contribution is 2.25. The fourth-order valence-electron chi connectivity index (χ4n) is 1.98. The quantitative estimate of drug-likeness (QED) is 0.843. The number of fused-ring (bicyclic) bond motifs is 1. The first-order chi connectivity index (χ1) is 7.54. The van der Waals surface area contributed by atoms with Crippen LogP contribution in [0.25, 0.3) is 0 Å². The van der Waals surface area contributed by atoms with Gasteiger partial charge in [0.15, 0.2) is 0 Å². The van der Waals surface area contributed by atoms with Crippen molar-refractivity contribution in [2.75, 3.05) is 13.2 Å². The van der Waals surface area contributed by atoms with E-state index in [1.54, 1.807) is 0 Å². The van der Waals surface area contributed by atoms with Crippen molar-refractivity contribution in [2.45, 2.75) is 39.2 Å². The summed E-state index contributed by atoms with van der Waals surface area (Å²) in [5.74, 6) is 1.08. The molecule has 88 valence electrons. The second-order valence-corrected chi connectivity index (χ2v) is 5.47. The lowest BCUT2D eigenvalue weighted by Gasteiger charge is -2.20. The van der Waals surface area contributed by atoms with Crippen molar-refractivity contribution in [3.05, 3.63) is 29.3 Å². The predicted octanol–water partition coefficient (Wildman–Crippen LogP) is 2.55. The van der Waals surface area contributed by atoms with Crippen LogP contribution in [0.5, 0.6) is 5.75 Å². The molecule has 1 aliphatic rings. The van der Waals surface area contributed by atoms with E-state index in [0.717, 1.165) is 31.7 Å². The van der Waals surface area contributed by atoms with Crippen molar-refractivity contribution in [1.29, 1.82) is 0 Å². The smallest absolute Gasteiger partial charge is 0.122 e. The van der Waals surface area contributed by atoms with Gasteiger partial charge in [-0.1, -0.05) is 12.1 Å². The van der Waals surface area contributed by atoms with Gasteiger partial charge in [-0.2, -0.15) is 0 Å². The summed E-state index contributed by atoms with van der Waals surface area (Å²) in [7, 11) is 0. The Morgan fingerprint density at radius 2 is 2.12 bits per heavy atom. The van der Waals surface area contributed by atoms with Crippen LogP contribution in [-0.2, 0) is 12.8 Å². The number of ether oxygens (including phenoxy) is 1. The van der Waals surface area contributed by atoms with Gasteiger partial charge in [-0.15, -0.1) is 0 Å². The molecule has 0 atom stereocenters. The lowest BCUT2D eigenvalue weighted by Crippen LogP contribution is -2.37. The Bertz CT molecular complexity index is 365. The number of nitrogens with one attached hydrogen (secondary N) is 1. The van der Waals surface area contributed by atoms with Crippen molar-refractivity contribution in [3.8, 4) is 5.75 Å². The Balaban J connectivity index is 1.91. The SMILES string of the molecule is CC(C)(C)NCCc1ccc2c(c1)CCO2. The summed E-state index contributed by atoms with van der Waals surface area (Å²) in [5, 5.41) is 3.51. The zero-order valence-corrected chi connectivity index (χ0v) is 10.5. The van der Waals surface area contributed by atoms with Gasteiger partial charge in [0.1, 0.15) is 5.75 Å². The molecule has 0 radical (unpaired) electrons. The number of hydrogen-bond donors (Lipinski definition) is 1. The zero-order chi connectivity index (χ0) is 11.6. The van der Waals surface area contributed by atoms with Crippen LogP contribution < -0.4 is 10.1 Å². The zero-order valence-electron chi connectivity index (χ0n) is 10.5. The van der Waals surface area contributed by atoms with Gasteiger partial charge >= 0.3 is 0 Å². The van der Waals surface area contributed by atoms with Crippen LogP contribution in [0.3, 0.4) is 0 Å². The molecule has 0 saturated heterocycles. The lowest BCUT2D eigenvalue weighted by molar-refractivity contribution is 0.357. The summed E-state index contributed by atoms with van der Waals surface area (Å²) in [5.41, 5.74) is 2.98. The van der Waals surface area contributed by atoms with Gasteiger partial charge < -0.3 is 10.1 Å². The molecule has 1 aromatic carbocycles. The van der Waals surface area contributed by atoms with Gasteiger partial charge in [-0.25, -0.2) is 0 Å². The third-order valence-corrected chi connectivity index (χ3v) is 2.82. The fraction of sp³-hybridized carbons (Fsp3) is 0.571. The van der Waals surface area contributed by atoms with E-state index >= 15 is 0 Å². The molecule has 1 heterocycles. The van der Waals surface area contributed by atoms with E-state index in [4.69, 9.17) is 4.74 Å². The van der Waals surface area contributed by atoms with E-state index in [2.05, 4.69) is 44.3 Å².